The minimum atomic E-state index is -0.713. The van der Waals surface area contributed by atoms with E-state index in [-0.39, 0.29) is 11.1 Å². The molecule has 0 aromatic heterocycles. The van der Waals surface area contributed by atoms with Crippen LogP contribution < -0.4 is 0 Å². The Morgan fingerprint density at radius 2 is 1.64 bits per heavy atom. The summed E-state index contributed by atoms with van der Waals surface area (Å²) in [5, 5.41) is 0.506. The van der Waals surface area contributed by atoms with Crippen LogP contribution in [-0.2, 0) is 14.4 Å². The monoisotopic (exact) mass is 388 g/mol. The van der Waals surface area contributed by atoms with Crippen molar-refractivity contribution >= 4 is 23.9 Å². The van der Waals surface area contributed by atoms with Crippen LogP contribution in [0.1, 0.15) is 61.3 Å². The quantitative estimate of drug-likeness (QED) is 0.723. The Morgan fingerprint density at radius 3 is 2.18 bits per heavy atom. The van der Waals surface area contributed by atoms with Crippen LogP contribution in [0, 0.1) is 5.92 Å². The molecule has 28 heavy (non-hydrogen) atoms. The number of hydroxylamine groups is 2. The van der Waals surface area contributed by atoms with Crippen LogP contribution in [0.5, 0.6) is 0 Å². The van der Waals surface area contributed by atoms with Crippen molar-refractivity contribution in [3.8, 4) is 0 Å². The maximum absolute atomic E-state index is 12.7. The normalized spacial score (nSPS) is 22.1. The largest absolute Gasteiger partial charge is 0.444 e. The molecule has 0 unspecified atom stereocenters. The Balaban J connectivity index is 1.70. The molecule has 2 heterocycles. The molecule has 8 heteroatoms. The summed E-state index contributed by atoms with van der Waals surface area (Å²) in [6.45, 7) is 7.51. The summed E-state index contributed by atoms with van der Waals surface area (Å²) in [4.78, 5) is 56.6. The van der Waals surface area contributed by atoms with E-state index in [2.05, 4.69) is 0 Å². The first kappa shape index (κ1) is 19.9. The lowest BCUT2D eigenvalue weighted by Gasteiger charge is -2.38. The number of piperidine rings is 1. The Hall–Kier alpha value is -2.90. The van der Waals surface area contributed by atoms with Gasteiger partial charge in [0.15, 0.2) is 0 Å². The van der Waals surface area contributed by atoms with Gasteiger partial charge in [-0.25, -0.2) is 9.59 Å². The molecular weight excluding hydrogens is 364 g/mol. The summed E-state index contributed by atoms with van der Waals surface area (Å²) in [7, 11) is 0. The standard InChI is InChI=1S/C20H24N2O6/c1-12-13(10-7-11-21(12)19(26)27-20(2,3)4)18(25)28-22-16(23)14-8-5-6-9-15(14)17(22)24/h5-6,8-9,12-13H,7,10-11H2,1-4H3/t12-,13-/m1/s1. The summed E-state index contributed by atoms with van der Waals surface area (Å²) in [5.74, 6) is -2.70. The van der Waals surface area contributed by atoms with Crippen LogP contribution in [0.15, 0.2) is 24.3 Å². The van der Waals surface area contributed by atoms with Crippen molar-refractivity contribution in [2.45, 2.75) is 52.2 Å². The number of ether oxygens (including phenoxy) is 1. The molecule has 1 aromatic rings. The number of hydrogen-bond donors (Lipinski definition) is 0. The molecule has 2 aliphatic rings. The van der Waals surface area contributed by atoms with Crippen molar-refractivity contribution in [2.75, 3.05) is 6.54 Å². The zero-order valence-corrected chi connectivity index (χ0v) is 16.4. The van der Waals surface area contributed by atoms with E-state index in [0.29, 0.717) is 24.4 Å². The summed E-state index contributed by atoms with van der Waals surface area (Å²) in [6, 6.07) is 5.81. The maximum Gasteiger partial charge on any atom is 0.410 e. The Bertz CT molecular complexity index is 793. The molecule has 1 saturated heterocycles. The molecule has 0 radical (unpaired) electrons. The number of likely N-dealkylation sites (tertiary alicyclic amines) is 1. The van der Waals surface area contributed by atoms with E-state index in [1.54, 1.807) is 39.8 Å². The van der Waals surface area contributed by atoms with Gasteiger partial charge in [0.05, 0.1) is 17.0 Å². The molecule has 0 aliphatic carbocycles. The van der Waals surface area contributed by atoms with E-state index in [1.165, 1.54) is 17.0 Å². The van der Waals surface area contributed by atoms with E-state index < -0.39 is 41.4 Å². The van der Waals surface area contributed by atoms with Gasteiger partial charge in [-0.05, 0) is 52.7 Å². The van der Waals surface area contributed by atoms with Crippen LogP contribution in [0.3, 0.4) is 0 Å². The molecule has 0 N–H and O–H groups in total. The highest BCUT2D eigenvalue weighted by molar-refractivity contribution is 6.20. The molecule has 3 rings (SSSR count). The van der Waals surface area contributed by atoms with E-state index in [1.807, 2.05) is 0 Å². The smallest absolute Gasteiger partial charge is 0.410 e. The number of amides is 3. The molecule has 1 fully saturated rings. The lowest BCUT2D eigenvalue weighted by molar-refractivity contribution is -0.177. The molecule has 2 aliphatic heterocycles. The molecule has 3 amide bonds. The van der Waals surface area contributed by atoms with Crippen molar-refractivity contribution in [1.82, 2.24) is 9.96 Å². The van der Waals surface area contributed by atoms with Gasteiger partial charge in [0.2, 0.25) is 0 Å². The minimum absolute atomic E-state index is 0.201. The van der Waals surface area contributed by atoms with Gasteiger partial charge >= 0.3 is 12.1 Å². The lowest BCUT2D eigenvalue weighted by Crippen LogP contribution is -2.51. The third kappa shape index (κ3) is 3.72. The van der Waals surface area contributed by atoms with Crippen LogP contribution in [0.2, 0.25) is 0 Å². The highest BCUT2D eigenvalue weighted by Crippen LogP contribution is 2.29. The van der Waals surface area contributed by atoms with Crippen LogP contribution >= 0.6 is 0 Å². The average Bonchev–Trinajstić information content (AvgIpc) is 2.85. The van der Waals surface area contributed by atoms with Crippen LogP contribution in [-0.4, -0.2) is 52.0 Å². The molecule has 150 valence electrons. The SMILES string of the molecule is C[C@@H]1[C@H](C(=O)ON2C(=O)c3ccccc3C2=O)CCCN1C(=O)OC(C)(C)C. The second-order valence-corrected chi connectivity index (χ2v) is 8.02. The number of fused-ring (bicyclic) bond motifs is 1. The first-order valence-electron chi connectivity index (χ1n) is 9.29. The van der Waals surface area contributed by atoms with Crippen molar-refractivity contribution in [2.24, 2.45) is 5.92 Å². The second-order valence-electron chi connectivity index (χ2n) is 8.02. The fourth-order valence-electron chi connectivity index (χ4n) is 3.44. The predicted molar refractivity (Wildman–Crippen MR) is 98.2 cm³/mol. The Morgan fingerprint density at radius 1 is 1.07 bits per heavy atom. The Kier molecular flexibility index (Phi) is 5.14. The van der Waals surface area contributed by atoms with E-state index in [4.69, 9.17) is 9.57 Å². The van der Waals surface area contributed by atoms with Crippen molar-refractivity contribution in [3.63, 3.8) is 0 Å². The van der Waals surface area contributed by atoms with Crippen molar-refractivity contribution in [3.05, 3.63) is 35.4 Å². The number of imide groups is 1. The summed E-state index contributed by atoms with van der Waals surface area (Å²) in [6.07, 6.45) is 0.576. The van der Waals surface area contributed by atoms with Crippen molar-refractivity contribution < 1.29 is 28.8 Å². The van der Waals surface area contributed by atoms with E-state index in [0.717, 1.165) is 0 Å². The second kappa shape index (κ2) is 7.26. The first-order chi connectivity index (χ1) is 13.1. The number of rotatable bonds is 2. The fourth-order valence-corrected chi connectivity index (χ4v) is 3.44. The molecular formula is C20H24N2O6. The van der Waals surface area contributed by atoms with Gasteiger partial charge in [0, 0.05) is 12.6 Å². The minimum Gasteiger partial charge on any atom is -0.444 e. The highest BCUT2D eigenvalue weighted by Gasteiger charge is 2.43. The number of carbonyl (C=O) groups excluding carboxylic acids is 4. The maximum atomic E-state index is 12.7. The third-order valence-corrected chi connectivity index (χ3v) is 4.86. The number of benzene rings is 1. The predicted octanol–water partition coefficient (Wildman–Crippen LogP) is 2.78. The fraction of sp³-hybridized carbons (Fsp3) is 0.500. The van der Waals surface area contributed by atoms with Gasteiger partial charge in [-0.15, -0.1) is 0 Å². The zero-order valence-electron chi connectivity index (χ0n) is 16.4. The van der Waals surface area contributed by atoms with Crippen molar-refractivity contribution in [1.29, 1.82) is 0 Å². The number of carbonyl (C=O) groups is 4. The van der Waals surface area contributed by atoms with Gasteiger partial charge in [-0.1, -0.05) is 17.2 Å². The van der Waals surface area contributed by atoms with E-state index in [9.17, 15) is 19.2 Å². The lowest BCUT2D eigenvalue weighted by atomic mass is 9.90. The zero-order chi connectivity index (χ0) is 20.6. The summed E-state index contributed by atoms with van der Waals surface area (Å²) < 4.78 is 5.40. The topological polar surface area (TPSA) is 93.2 Å². The number of nitrogens with zero attached hydrogens (tertiary/aromatic N) is 2. The van der Waals surface area contributed by atoms with Gasteiger partial charge in [-0.2, -0.15) is 0 Å². The van der Waals surface area contributed by atoms with Crippen LogP contribution in [0.4, 0.5) is 4.79 Å². The number of hydrogen-bond acceptors (Lipinski definition) is 6. The molecule has 1 aromatic carbocycles. The molecule has 0 saturated carbocycles. The molecule has 0 bridgehead atoms. The van der Waals surface area contributed by atoms with Gasteiger partial charge in [0.25, 0.3) is 11.8 Å². The molecule has 0 spiro atoms. The Labute approximate surface area is 163 Å². The summed E-state index contributed by atoms with van der Waals surface area (Å²) >= 11 is 0. The first-order valence-corrected chi connectivity index (χ1v) is 9.29. The summed E-state index contributed by atoms with van der Waals surface area (Å²) in [5.41, 5.74) is -0.246. The van der Waals surface area contributed by atoms with Gasteiger partial charge < -0.3 is 14.5 Å². The average molecular weight is 388 g/mol. The van der Waals surface area contributed by atoms with Crippen LogP contribution in [0.25, 0.3) is 0 Å². The highest BCUT2D eigenvalue weighted by atomic mass is 16.7. The van der Waals surface area contributed by atoms with E-state index >= 15 is 0 Å². The van der Waals surface area contributed by atoms with Gasteiger partial charge in [-0.3, -0.25) is 9.59 Å². The third-order valence-electron chi connectivity index (χ3n) is 4.86. The molecule has 8 nitrogen and oxygen atoms in total. The van der Waals surface area contributed by atoms with Gasteiger partial charge in [0.1, 0.15) is 5.60 Å². The molecule has 2 atom stereocenters.